The highest BCUT2D eigenvalue weighted by atomic mass is 35.5. The van der Waals surface area contributed by atoms with Gasteiger partial charge in [0, 0.05) is 12.7 Å². The Bertz CT molecular complexity index is 607. The van der Waals surface area contributed by atoms with Crippen LogP contribution in [0.5, 0.6) is 0 Å². The summed E-state index contributed by atoms with van der Waals surface area (Å²) in [6.45, 7) is 4.29. The monoisotopic (exact) mass is 281 g/mol. The van der Waals surface area contributed by atoms with E-state index >= 15 is 0 Å². The number of fused-ring (bicyclic) bond motifs is 1. The molecule has 2 aromatic rings. The maximum atomic E-state index is 11.3. The van der Waals surface area contributed by atoms with Gasteiger partial charge in [-0.3, -0.25) is 4.79 Å². The molecule has 19 heavy (non-hydrogen) atoms. The van der Waals surface area contributed by atoms with Crippen molar-refractivity contribution in [1.82, 2.24) is 14.5 Å². The van der Waals surface area contributed by atoms with Crippen molar-refractivity contribution in [3.63, 3.8) is 0 Å². The number of nitrogens with zero attached hydrogens (tertiary/aromatic N) is 3. The Morgan fingerprint density at radius 2 is 2.32 bits per heavy atom. The Hall–Kier alpha value is -1.62. The summed E-state index contributed by atoms with van der Waals surface area (Å²) >= 11 is 6.15. The van der Waals surface area contributed by atoms with Gasteiger partial charge in [-0.15, -0.1) is 11.6 Å². The number of imidazole rings is 1. The number of carbonyl (C=O) groups is 1. The molecule has 0 saturated carbocycles. The van der Waals surface area contributed by atoms with Gasteiger partial charge in [0.25, 0.3) is 0 Å². The van der Waals surface area contributed by atoms with E-state index in [1.165, 1.54) is 7.11 Å². The second kappa shape index (κ2) is 5.57. The van der Waals surface area contributed by atoms with E-state index in [2.05, 4.69) is 14.7 Å². The molecular weight excluding hydrogens is 266 g/mol. The third kappa shape index (κ3) is 2.71. The number of ether oxygens (including phenoxy) is 1. The summed E-state index contributed by atoms with van der Waals surface area (Å²) in [6.07, 6.45) is 2.00. The summed E-state index contributed by atoms with van der Waals surface area (Å²) in [5.41, 5.74) is 2.63. The lowest BCUT2D eigenvalue weighted by atomic mass is 10.3. The molecule has 2 rings (SSSR count). The SMILES string of the molecule is COC(=O)CCn1c(C(C)Cl)nc2c(C)ccnc21. The fourth-order valence-electron chi connectivity index (χ4n) is 1.98. The molecule has 0 bridgehead atoms. The van der Waals surface area contributed by atoms with Crippen molar-refractivity contribution in [3.05, 3.63) is 23.7 Å². The van der Waals surface area contributed by atoms with Crippen molar-refractivity contribution in [2.45, 2.75) is 32.2 Å². The molecule has 5 nitrogen and oxygen atoms in total. The number of carbonyl (C=O) groups excluding carboxylic acids is 1. The number of halogens is 1. The standard InChI is InChI=1S/C13H16ClN3O2/c1-8-4-6-15-13-11(8)16-12(9(2)14)17(13)7-5-10(18)19-3/h4,6,9H,5,7H2,1-3H3. The highest BCUT2D eigenvalue weighted by Crippen LogP contribution is 2.25. The van der Waals surface area contributed by atoms with Crippen molar-refractivity contribution < 1.29 is 9.53 Å². The Balaban J connectivity index is 2.46. The van der Waals surface area contributed by atoms with Crippen LogP contribution in [0.4, 0.5) is 0 Å². The smallest absolute Gasteiger partial charge is 0.307 e. The number of aromatic nitrogens is 3. The van der Waals surface area contributed by atoms with E-state index in [1.54, 1.807) is 6.20 Å². The number of alkyl halides is 1. The van der Waals surface area contributed by atoms with Crippen molar-refractivity contribution in [3.8, 4) is 0 Å². The lowest BCUT2D eigenvalue weighted by Gasteiger charge is -2.08. The van der Waals surface area contributed by atoms with E-state index in [0.717, 1.165) is 22.6 Å². The van der Waals surface area contributed by atoms with Crippen LogP contribution in [0, 0.1) is 6.92 Å². The summed E-state index contributed by atoms with van der Waals surface area (Å²) < 4.78 is 6.54. The lowest BCUT2D eigenvalue weighted by Crippen LogP contribution is -2.10. The molecule has 2 aromatic heterocycles. The Kier molecular flexibility index (Phi) is 4.04. The van der Waals surface area contributed by atoms with Crippen LogP contribution in [0.25, 0.3) is 11.2 Å². The first-order valence-electron chi connectivity index (χ1n) is 6.07. The molecule has 0 amide bonds. The maximum absolute atomic E-state index is 11.3. The van der Waals surface area contributed by atoms with Gasteiger partial charge in [0.2, 0.25) is 0 Å². The van der Waals surface area contributed by atoms with Crippen molar-refractivity contribution >= 4 is 28.7 Å². The molecule has 0 spiro atoms. The van der Waals surface area contributed by atoms with Gasteiger partial charge in [0.1, 0.15) is 11.3 Å². The van der Waals surface area contributed by atoms with Gasteiger partial charge in [0.05, 0.1) is 18.9 Å². The fourth-order valence-corrected chi connectivity index (χ4v) is 2.15. The molecule has 0 radical (unpaired) electrons. The van der Waals surface area contributed by atoms with Crippen molar-refractivity contribution in [1.29, 1.82) is 0 Å². The minimum absolute atomic E-state index is 0.244. The Morgan fingerprint density at radius 1 is 1.58 bits per heavy atom. The average molecular weight is 282 g/mol. The van der Waals surface area contributed by atoms with E-state index in [-0.39, 0.29) is 17.8 Å². The molecule has 0 fully saturated rings. The number of aryl methyl sites for hydroxylation is 2. The number of hydrogen-bond donors (Lipinski definition) is 0. The largest absolute Gasteiger partial charge is 0.469 e. The van der Waals surface area contributed by atoms with Gasteiger partial charge in [-0.25, -0.2) is 9.97 Å². The molecule has 2 heterocycles. The third-order valence-corrected chi connectivity index (χ3v) is 3.18. The van der Waals surface area contributed by atoms with Crippen LogP contribution >= 0.6 is 11.6 Å². The molecule has 6 heteroatoms. The zero-order valence-electron chi connectivity index (χ0n) is 11.2. The molecule has 0 aromatic carbocycles. The summed E-state index contributed by atoms with van der Waals surface area (Å²) in [7, 11) is 1.38. The maximum Gasteiger partial charge on any atom is 0.307 e. The van der Waals surface area contributed by atoms with Crippen LogP contribution in [0.3, 0.4) is 0 Å². The highest BCUT2D eigenvalue weighted by Gasteiger charge is 2.17. The van der Waals surface area contributed by atoms with Crippen LogP contribution in [0.1, 0.15) is 30.1 Å². The molecule has 1 unspecified atom stereocenters. The van der Waals surface area contributed by atoms with E-state index in [9.17, 15) is 4.79 Å². The summed E-state index contributed by atoms with van der Waals surface area (Å²) in [6, 6.07) is 1.91. The molecule has 0 saturated heterocycles. The zero-order valence-corrected chi connectivity index (χ0v) is 11.9. The molecule has 0 aliphatic carbocycles. The minimum Gasteiger partial charge on any atom is -0.469 e. The van der Waals surface area contributed by atoms with Gasteiger partial charge < -0.3 is 9.30 Å². The zero-order chi connectivity index (χ0) is 14.0. The van der Waals surface area contributed by atoms with Crippen molar-refractivity contribution in [2.24, 2.45) is 0 Å². The molecule has 0 aliphatic rings. The van der Waals surface area contributed by atoms with Crippen molar-refractivity contribution in [2.75, 3.05) is 7.11 Å². The summed E-state index contributed by atoms with van der Waals surface area (Å²) in [4.78, 5) is 20.2. The number of methoxy groups -OCH3 is 1. The first-order valence-corrected chi connectivity index (χ1v) is 6.51. The average Bonchev–Trinajstić information content (AvgIpc) is 2.76. The number of rotatable bonds is 4. The minimum atomic E-state index is -0.261. The molecule has 1 atom stereocenters. The first kappa shape index (κ1) is 13.8. The van der Waals surface area contributed by atoms with E-state index in [4.69, 9.17) is 11.6 Å². The van der Waals surface area contributed by atoms with Gasteiger partial charge in [-0.2, -0.15) is 0 Å². The number of hydrogen-bond acceptors (Lipinski definition) is 4. The molecule has 0 N–H and O–H groups in total. The van der Waals surface area contributed by atoms with E-state index < -0.39 is 0 Å². The predicted molar refractivity (Wildman–Crippen MR) is 73.2 cm³/mol. The fraction of sp³-hybridized carbons (Fsp3) is 0.462. The third-order valence-electron chi connectivity index (χ3n) is 2.99. The van der Waals surface area contributed by atoms with Crippen LogP contribution in [-0.2, 0) is 16.1 Å². The van der Waals surface area contributed by atoms with Gasteiger partial charge in [-0.1, -0.05) is 0 Å². The second-order valence-corrected chi connectivity index (χ2v) is 5.02. The van der Waals surface area contributed by atoms with E-state index in [1.807, 2.05) is 24.5 Å². The van der Waals surface area contributed by atoms with Crippen LogP contribution < -0.4 is 0 Å². The molecular formula is C13H16ClN3O2. The molecule has 102 valence electrons. The van der Waals surface area contributed by atoms with Crippen LogP contribution in [0.2, 0.25) is 0 Å². The Morgan fingerprint density at radius 3 is 2.95 bits per heavy atom. The highest BCUT2D eigenvalue weighted by molar-refractivity contribution is 6.20. The van der Waals surface area contributed by atoms with Gasteiger partial charge in [0.15, 0.2) is 5.65 Å². The lowest BCUT2D eigenvalue weighted by molar-refractivity contribution is -0.140. The summed E-state index contributed by atoms with van der Waals surface area (Å²) in [5, 5.41) is -0.244. The van der Waals surface area contributed by atoms with Crippen LogP contribution in [-0.4, -0.2) is 27.6 Å². The van der Waals surface area contributed by atoms with E-state index in [0.29, 0.717) is 6.54 Å². The van der Waals surface area contributed by atoms with Gasteiger partial charge >= 0.3 is 5.97 Å². The number of esters is 1. The normalized spacial score (nSPS) is 12.6. The molecule has 0 aliphatic heterocycles. The number of pyridine rings is 1. The quantitative estimate of drug-likeness (QED) is 0.638. The topological polar surface area (TPSA) is 57.0 Å². The second-order valence-electron chi connectivity index (χ2n) is 4.36. The predicted octanol–water partition coefficient (Wildman–Crippen LogP) is 2.60. The summed E-state index contributed by atoms with van der Waals surface area (Å²) in [5.74, 6) is 0.463. The Labute approximate surface area is 116 Å². The van der Waals surface area contributed by atoms with Crippen LogP contribution in [0.15, 0.2) is 12.3 Å². The van der Waals surface area contributed by atoms with Gasteiger partial charge in [-0.05, 0) is 25.5 Å². The first-order chi connectivity index (χ1) is 9.04.